The molecular weight excluding hydrogens is 306 g/mol. The van der Waals surface area contributed by atoms with Gasteiger partial charge < -0.3 is 15.5 Å². The topological polar surface area (TPSA) is 78.3 Å². The van der Waals surface area contributed by atoms with E-state index in [9.17, 15) is 5.11 Å². The quantitative estimate of drug-likeness (QED) is 0.511. The number of aromatic nitrogens is 2. The monoisotopic (exact) mass is 327 g/mol. The van der Waals surface area contributed by atoms with Crippen molar-refractivity contribution in [2.45, 2.75) is 37.8 Å². The van der Waals surface area contributed by atoms with Crippen LogP contribution >= 0.6 is 23.1 Å². The average molecular weight is 327 g/mol. The molecule has 0 aliphatic heterocycles. The largest absolute Gasteiger partial charge is 0.394 e. The lowest BCUT2D eigenvalue weighted by atomic mass is 10.3. The first-order valence-electron chi connectivity index (χ1n) is 7.14. The molecule has 0 radical (unpaired) electrons. The summed E-state index contributed by atoms with van der Waals surface area (Å²) in [6.07, 6.45) is 1.26. The minimum atomic E-state index is -0.726. The summed E-state index contributed by atoms with van der Waals surface area (Å²) >= 11 is 3.14. The Kier molecular flexibility index (Phi) is 6.22. The molecule has 0 amide bonds. The van der Waals surface area contributed by atoms with Gasteiger partial charge in [-0.15, -0.1) is 23.1 Å². The van der Waals surface area contributed by atoms with E-state index in [4.69, 9.17) is 5.11 Å². The van der Waals surface area contributed by atoms with Crippen LogP contribution in [-0.4, -0.2) is 45.2 Å². The Hall–Kier alpha value is -0.890. The molecule has 21 heavy (non-hydrogen) atoms. The zero-order valence-corrected chi connectivity index (χ0v) is 13.9. The van der Waals surface area contributed by atoms with Gasteiger partial charge in [-0.2, -0.15) is 0 Å². The van der Waals surface area contributed by atoms with Crippen molar-refractivity contribution in [2.24, 2.45) is 0 Å². The summed E-state index contributed by atoms with van der Waals surface area (Å²) in [5.41, 5.74) is 0. The van der Waals surface area contributed by atoms with Crippen LogP contribution in [0.4, 0.5) is 5.95 Å². The fourth-order valence-corrected chi connectivity index (χ4v) is 3.72. The van der Waals surface area contributed by atoms with Gasteiger partial charge in [-0.3, -0.25) is 0 Å². The Labute approximate surface area is 132 Å². The van der Waals surface area contributed by atoms with E-state index < -0.39 is 6.10 Å². The number of rotatable bonds is 8. The highest BCUT2D eigenvalue weighted by Gasteiger charge is 2.13. The van der Waals surface area contributed by atoms with Gasteiger partial charge in [0.2, 0.25) is 5.95 Å². The number of hydrogen-bond donors (Lipinski definition) is 3. The lowest BCUT2D eigenvalue weighted by Crippen LogP contribution is -2.14. The third kappa shape index (κ3) is 4.29. The van der Waals surface area contributed by atoms with Crippen LogP contribution in [0.5, 0.6) is 0 Å². The second kappa shape index (κ2) is 7.93. The van der Waals surface area contributed by atoms with Gasteiger partial charge in [-0.05, 0) is 18.9 Å². The Morgan fingerprint density at radius 2 is 2.19 bits per heavy atom. The molecule has 2 heterocycles. The van der Waals surface area contributed by atoms with Gasteiger partial charge in [0, 0.05) is 22.6 Å². The third-order valence-corrected chi connectivity index (χ3v) is 5.22. The number of aliphatic hydroxyl groups excluding tert-OH is 2. The van der Waals surface area contributed by atoms with Crippen LogP contribution in [0.2, 0.25) is 0 Å². The average Bonchev–Trinajstić information content (AvgIpc) is 2.93. The number of aryl methyl sites for hydroxylation is 1. The van der Waals surface area contributed by atoms with E-state index in [1.54, 1.807) is 11.3 Å². The Bertz CT molecular complexity index is 589. The zero-order chi connectivity index (χ0) is 15.2. The summed E-state index contributed by atoms with van der Waals surface area (Å²) in [5.74, 6) is 1.06. The van der Waals surface area contributed by atoms with Crippen molar-refractivity contribution in [2.75, 3.05) is 24.2 Å². The van der Waals surface area contributed by atoms with Gasteiger partial charge in [0.25, 0.3) is 0 Å². The van der Waals surface area contributed by atoms with E-state index in [1.807, 2.05) is 0 Å². The van der Waals surface area contributed by atoms with E-state index in [2.05, 4.69) is 35.2 Å². The number of nitrogens with zero attached hydrogens (tertiary/aromatic N) is 2. The van der Waals surface area contributed by atoms with E-state index >= 15 is 0 Å². The highest BCUT2D eigenvalue weighted by atomic mass is 32.2. The molecule has 1 atom stereocenters. The first-order chi connectivity index (χ1) is 10.2. The van der Waals surface area contributed by atoms with E-state index in [0.29, 0.717) is 11.7 Å². The zero-order valence-electron chi connectivity index (χ0n) is 12.3. The minimum absolute atomic E-state index is 0.230. The Morgan fingerprint density at radius 1 is 1.38 bits per heavy atom. The molecule has 0 spiro atoms. The van der Waals surface area contributed by atoms with E-state index in [1.165, 1.54) is 16.6 Å². The molecule has 0 saturated heterocycles. The molecule has 5 nitrogen and oxygen atoms in total. The summed E-state index contributed by atoms with van der Waals surface area (Å²) < 4.78 is 0. The molecule has 3 N–H and O–H groups in total. The number of hydrogen-bond acceptors (Lipinski definition) is 7. The molecule has 0 aliphatic carbocycles. The normalized spacial score (nSPS) is 12.8. The van der Waals surface area contributed by atoms with Gasteiger partial charge in [0.05, 0.1) is 12.7 Å². The highest BCUT2D eigenvalue weighted by Crippen LogP contribution is 2.33. The molecule has 1 unspecified atom stereocenters. The van der Waals surface area contributed by atoms with Crippen molar-refractivity contribution >= 4 is 39.3 Å². The molecule has 0 aliphatic rings. The molecule has 0 saturated carbocycles. The van der Waals surface area contributed by atoms with Gasteiger partial charge in [0.1, 0.15) is 9.86 Å². The SMILES string of the molecule is CCCNc1nc(SCC(O)CO)c2cc(CC)sc2n1. The minimum Gasteiger partial charge on any atom is -0.394 e. The summed E-state index contributed by atoms with van der Waals surface area (Å²) in [6.45, 7) is 4.82. The fourth-order valence-electron chi connectivity index (χ4n) is 1.77. The van der Waals surface area contributed by atoms with E-state index in [0.717, 1.165) is 34.6 Å². The maximum absolute atomic E-state index is 9.53. The van der Waals surface area contributed by atoms with Gasteiger partial charge >= 0.3 is 0 Å². The first kappa shape index (κ1) is 16.5. The molecule has 0 aromatic carbocycles. The van der Waals surface area contributed by atoms with E-state index in [-0.39, 0.29) is 6.61 Å². The molecule has 0 bridgehead atoms. The van der Waals surface area contributed by atoms with Crippen molar-refractivity contribution in [3.05, 3.63) is 10.9 Å². The Balaban J connectivity index is 2.31. The number of fused-ring (bicyclic) bond motifs is 1. The molecule has 0 fully saturated rings. The molecule has 2 rings (SSSR count). The second-order valence-corrected chi connectivity index (χ2v) is 6.84. The van der Waals surface area contributed by atoms with Crippen molar-refractivity contribution in [3.63, 3.8) is 0 Å². The summed E-state index contributed by atoms with van der Waals surface area (Å²) in [5, 5.41) is 23.6. The molecule has 7 heteroatoms. The lowest BCUT2D eigenvalue weighted by Gasteiger charge is -2.09. The van der Waals surface area contributed by atoms with Crippen molar-refractivity contribution in [3.8, 4) is 0 Å². The number of thioether (sulfide) groups is 1. The summed E-state index contributed by atoms with van der Waals surface area (Å²) in [6, 6.07) is 2.12. The predicted octanol–water partition coefficient (Wildman–Crippen LogP) is 2.52. The summed E-state index contributed by atoms with van der Waals surface area (Å²) in [7, 11) is 0. The smallest absolute Gasteiger partial charge is 0.225 e. The standard InChI is InChI=1S/C14H21N3O2S2/c1-3-5-15-14-16-12(20-8-9(19)7-18)11-6-10(4-2)21-13(11)17-14/h6,9,18-19H,3-5,7-8H2,1-2H3,(H,15,16,17). The van der Waals surface area contributed by atoms with Crippen LogP contribution < -0.4 is 5.32 Å². The number of anilines is 1. The van der Waals surface area contributed by atoms with Crippen LogP contribution in [0.3, 0.4) is 0 Å². The van der Waals surface area contributed by atoms with Crippen LogP contribution in [0.25, 0.3) is 10.2 Å². The number of aliphatic hydroxyl groups is 2. The predicted molar refractivity (Wildman–Crippen MR) is 89.4 cm³/mol. The molecule has 116 valence electrons. The van der Waals surface area contributed by atoms with Gasteiger partial charge in [-0.25, -0.2) is 9.97 Å². The van der Waals surface area contributed by atoms with Gasteiger partial charge in [-0.1, -0.05) is 13.8 Å². The third-order valence-electron chi connectivity index (χ3n) is 2.91. The van der Waals surface area contributed by atoms with Crippen LogP contribution in [0, 0.1) is 0 Å². The summed E-state index contributed by atoms with van der Waals surface area (Å²) in [4.78, 5) is 11.4. The molecular formula is C14H21N3O2S2. The van der Waals surface area contributed by atoms with Crippen molar-refractivity contribution in [1.29, 1.82) is 0 Å². The fraction of sp³-hybridized carbons (Fsp3) is 0.571. The van der Waals surface area contributed by atoms with Crippen LogP contribution in [0.15, 0.2) is 11.1 Å². The molecule has 2 aromatic rings. The van der Waals surface area contributed by atoms with Crippen LogP contribution in [-0.2, 0) is 6.42 Å². The molecule has 2 aromatic heterocycles. The van der Waals surface area contributed by atoms with Crippen molar-refractivity contribution in [1.82, 2.24) is 9.97 Å². The van der Waals surface area contributed by atoms with Crippen LogP contribution in [0.1, 0.15) is 25.1 Å². The Morgan fingerprint density at radius 3 is 2.86 bits per heavy atom. The number of nitrogens with one attached hydrogen (secondary N) is 1. The van der Waals surface area contributed by atoms with Crippen molar-refractivity contribution < 1.29 is 10.2 Å². The highest BCUT2D eigenvalue weighted by molar-refractivity contribution is 7.99. The second-order valence-electron chi connectivity index (χ2n) is 4.71. The first-order valence-corrected chi connectivity index (χ1v) is 8.94. The van der Waals surface area contributed by atoms with Gasteiger partial charge in [0.15, 0.2) is 0 Å². The maximum Gasteiger partial charge on any atom is 0.225 e. The number of thiophene rings is 1. The lowest BCUT2D eigenvalue weighted by molar-refractivity contribution is 0.113. The maximum atomic E-state index is 9.53.